The molecule has 3 N–H and O–H groups in total. The molecular weight excluding hydrogens is 251 g/mol. The first-order valence-corrected chi connectivity index (χ1v) is 7.09. The third-order valence-corrected chi connectivity index (χ3v) is 4.34. The highest BCUT2D eigenvalue weighted by molar-refractivity contribution is 7.99. The molecule has 0 spiro atoms. The van der Waals surface area contributed by atoms with E-state index in [9.17, 15) is 4.39 Å². The summed E-state index contributed by atoms with van der Waals surface area (Å²) in [5.74, 6) is 6.16. The highest BCUT2D eigenvalue weighted by Gasteiger charge is 2.18. The number of methoxy groups -OCH3 is 1. The molecule has 0 aliphatic rings. The molecule has 0 bridgehead atoms. The number of ether oxygens (including phenoxy) is 1. The van der Waals surface area contributed by atoms with Crippen LogP contribution in [0.25, 0.3) is 0 Å². The van der Waals surface area contributed by atoms with Gasteiger partial charge < -0.3 is 4.74 Å². The fourth-order valence-electron chi connectivity index (χ4n) is 1.56. The minimum absolute atomic E-state index is 0.209. The molecular formula is C13H21FN2OS. The number of thioether (sulfide) groups is 1. The first-order chi connectivity index (χ1) is 8.63. The van der Waals surface area contributed by atoms with Crippen molar-refractivity contribution in [1.82, 2.24) is 5.43 Å². The Kier molecular flexibility index (Phi) is 6.46. The van der Waals surface area contributed by atoms with Crippen LogP contribution in [0, 0.1) is 5.82 Å². The zero-order valence-corrected chi connectivity index (χ0v) is 11.9. The Morgan fingerprint density at radius 3 is 2.78 bits per heavy atom. The molecule has 1 rings (SSSR count). The summed E-state index contributed by atoms with van der Waals surface area (Å²) in [6.45, 7) is 4.29. The zero-order valence-electron chi connectivity index (χ0n) is 11.1. The van der Waals surface area contributed by atoms with Gasteiger partial charge in [0.15, 0.2) is 11.6 Å². The van der Waals surface area contributed by atoms with Gasteiger partial charge in [0.05, 0.1) is 13.2 Å². The van der Waals surface area contributed by atoms with E-state index in [0.29, 0.717) is 10.8 Å². The second-order valence-corrected chi connectivity index (χ2v) is 5.61. The summed E-state index contributed by atoms with van der Waals surface area (Å²) in [5, 5.41) is 0.537. The molecule has 0 aliphatic carbocycles. The average Bonchev–Trinajstić information content (AvgIpc) is 2.40. The number of hydrogen-bond acceptors (Lipinski definition) is 4. The van der Waals surface area contributed by atoms with Gasteiger partial charge >= 0.3 is 0 Å². The van der Waals surface area contributed by atoms with Gasteiger partial charge in [0, 0.05) is 16.6 Å². The fraction of sp³-hybridized carbons (Fsp3) is 0.538. The van der Waals surface area contributed by atoms with Crippen LogP contribution in [0.3, 0.4) is 0 Å². The van der Waals surface area contributed by atoms with Crippen molar-refractivity contribution >= 4 is 11.8 Å². The van der Waals surface area contributed by atoms with Crippen LogP contribution in [0.1, 0.15) is 31.9 Å². The molecule has 1 aromatic rings. The first-order valence-electron chi connectivity index (χ1n) is 6.04. The van der Waals surface area contributed by atoms with Gasteiger partial charge in [0.1, 0.15) is 0 Å². The molecule has 0 aliphatic heterocycles. The lowest BCUT2D eigenvalue weighted by Gasteiger charge is -2.19. The summed E-state index contributed by atoms with van der Waals surface area (Å²) in [6, 6.07) is 4.91. The number of hydrogen-bond donors (Lipinski definition) is 2. The predicted molar refractivity (Wildman–Crippen MR) is 75.2 cm³/mol. The van der Waals surface area contributed by atoms with E-state index >= 15 is 0 Å². The van der Waals surface area contributed by atoms with Gasteiger partial charge in [-0.1, -0.05) is 26.0 Å². The van der Waals surface area contributed by atoms with E-state index in [1.165, 1.54) is 7.11 Å². The normalized spacial score (nSPS) is 14.3. The molecule has 18 heavy (non-hydrogen) atoms. The van der Waals surface area contributed by atoms with Crippen LogP contribution in [-0.4, -0.2) is 18.1 Å². The van der Waals surface area contributed by atoms with Gasteiger partial charge in [-0.05, 0) is 12.5 Å². The molecule has 5 heteroatoms. The number of hydrazine groups is 1. The van der Waals surface area contributed by atoms with E-state index in [4.69, 9.17) is 10.6 Å². The van der Waals surface area contributed by atoms with Gasteiger partial charge in [-0.25, -0.2) is 4.39 Å². The molecule has 0 heterocycles. The lowest BCUT2D eigenvalue weighted by Crippen LogP contribution is -2.30. The Labute approximate surface area is 112 Å². The van der Waals surface area contributed by atoms with Gasteiger partial charge in [-0.2, -0.15) is 11.8 Å². The van der Waals surface area contributed by atoms with Gasteiger partial charge in [0.25, 0.3) is 0 Å². The van der Waals surface area contributed by atoms with Crippen LogP contribution >= 0.6 is 11.8 Å². The van der Waals surface area contributed by atoms with Crippen molar-refractivity contribution in [3.8, 4) is 5.75 Å². The van der Waals surface area contributed by atoms with Crippen molar-refractivity contribution in [2.45, 2.75) is 31.6 Å². The lowest BCUT2D eigenvalue weighted by atomic mass is 10.1. The minimum atomic E-state index is -0.340. The van der Waals surface area contributed by atoms with Gasteiger partial charge in [0.2, 0.25) is 0 Å². The molecule has 0 aromatic heterocycles. The zero-order chi connectivity index (χ0) is 13.5. The quantitative estimate of drug-likeness (QED) is 0.592. The second kappa shape index (κ2) is 7.61. The number of nitrogens with one attached hydrogen (secondary N) is 1. The summed E-state index contributed by atoms with van der Waals surface area (Å²) >= 11 is 1.78. The average molecular weight is 272 g/mol. The van der Waals surface area contributed by atoms with E-state index in [-0.39, 0.29) is 17.6 Å². The molecule has 102 valence electrons. The van der Waals surface area contributed by atoms with Crippen molar-refractivity contribution < 1.29 is 9.13 Å². The second-order valence-electron chi connectivity index (χ2n) is 4.13. The topological polar surface area (TPSA) is 47.3 Å². The van der Waals surface area contributed by atoms with E-state index in [0.717, 1.165) is 12.2 Å². The SMILES string of the molecule is CCC(C)SCC(NN)c1cccc(OC)c1F. The summed E-state index contributed by atoms with van der Waals surface area (Å²) in [4.78, 5) is 0. The Morgan fingerprint density at radius 1 is 1.50 bits per heavy atom. The maximum Gasteiger partial charge on any atom is 0.169 e. The molecule has 2 atom stereocenters. The van der Waals surface area contributed by atoms with Crippen LogP contribution in [0.4, 0.5) is 4.39 Å². The summed E-state index contributed by atoms with van der Waals surface area (Å²) in [5.41, 5.74) is 3.22. The van der Waals surface area contributed by atoms with Crippen LogP contribution in [0.15, 0.2) is 18.2 Å². The first kappa shape index (κ1) is 15.3. The summed E-state index contributed by atoms with van der Waals surface area (Å²) < 4.78 is 19.1. The van der Waals surface area contributed by atoms with Crippen molar-refractivity contribution in [3.05, 3.63) is 29.6 Å². The number of nitrogens with two attached hydrogens (primary N) is 1. The maximum absolute atomic E-state index is 14.1. The monoisotopic (exact) mass is 272 g/mol. The van der Waals surface area contributed by atoms with E-state index in [2.05, 4.69) is 19.3 Å². The van der Waals surface area contributed by atoms with Gasteiger partial charge in [-0.15, -0.1) is 0 Å². The molecule has 0 radical (unpaired) electrons. The third kappa shape index (κ3) is 3.86. The van der Waals surface area contributed by atoms with E-state index < -0.39 is 0 Å². The van der Waals surface area contributed by atoms with Crippen molar-refractivity contribution in [2.75, 3.05) is 12.9 Å². The Hall–Kier alpha value is -0.780. The maximum atomic E-state index is 14.1. The molecule has 0 saturated heterocycles. The molecule has 0 fully saturated rings. The molecule has 0 amide bonds. The Morgan fingerprint density at radius 2 is 2.22 bits per heavy atom. The summed E-state index contributed by atoms with van der Waals surface area (Å²) in [6.07, 6.45) is 1.09. The summed E-state index contributed by atoms with van der Waals surface area (Å²) in [7, 11) is 1.46. The van der Waals surface area contributed by atoms with E-state index in [1.807, 2.05) is 0 Å². The van der Waals surface area contributed by atoms with Crippen molar-refractivity contribution in [3.63, 3.8) is 0 Å². The smallest absolute Gasteiger partial charge is 0.169 e. The van der Waals surface area contributed by atoms with Crippen LogP contribution in [-0.2, 0) is 0 Å². The highest BCUT2D eigenvalue weighted by atomic mass is 32.2. The molecule has 1 aromatic carbocycles. The van der Waals surface area contributed by atoms with Gasteiger partial charge in [-0.3, -0.25) is 11.3 Å². The van der Waals surface area contributed by atoms with Crippen LogP contribution in [0.5, 0.6) is 5.75 Å². The fourth-order valence-corrected chi connectivity index (χ4v) is 2.59. The third-order valence-electron chi connectivity index (χ3n) is 2.91. The number of halogens is 1. The molecule has 2 unspecified atom stereocenters. The lowest BCUT2D eigenvalue weighted by molar-refractivity contribution is 0.381. The minimum Gasteiger partial charge on any atom is -0.494 e. The molecule has 3 nitrogen and oxygen atoms in total. The van der Waals surface area contributed by atoms with Crippen LogP contribution in [0.2, 0.25) is 0 Å². The Balaban J connectivity index is 2.81. The van der Waals surface area contributed by atoms with Crippen molar-refractivity contribution in [2.24, 2.45) is 5.84 Å². The molecule has 0 saturated carbocycles. The highest BCUT2D eigenvalue weighted by Crippen LogP contribution is 2.28. The van der Waals surface area contributed by atoms with E-state index in [1.54, 1.807) is 30.0 Å². The number of rotatable bonds is 7. The predicted octanol–water partition coefficient (Wildman–Crippen LogP) is 2.87. The Bertz CT molecular complexity index is 376. The largest absolute Gasteiger partial charge is 0.494 e. The van der Waals surface area contributed by atoms with Crippen LogP contribution < -0.4 is 16.0 Å². The number of benzene rings is 1. The standard InChI is InChI=1S/C13H21FN2OS/c1-4-9(2)18-8-11(16-15)10-6-5-7-12(17-3)13(10)14/h5-7,9,11,16H,4,8,15H2,1-3H3. The van der Waals surface area contributed by atoms with Crippen molar-refractivity contribution in [1.29, 1.82) is 0 Å².